The minimum absolute atomic E-state index is 0.0353. The molecule has 0 saturated heterocycles. The molecule has 4 nitrogen and oxygen atoms in total. The van der Waals surface area contributed by atoms with Gasteiger partial charge in [-0.25, -0.2) is 16.8 Å². The van der Waals surface area contributed by atoms with Gasteiger partial charge in [0.15, 0.2) is 24.3 Å². The molecule has 0 spiro atoms. The molecule has 0 heterocycles. The fourth-order valence-electron chi connectivity index (χ4n) is 3.12. The summed E-state index contributed by atoms with van der Waals surface area (Å²) in [6.45, 7) is 0. The van der Waals surface area contributed by atoms with Gasteiger partial charge in [0.25, 0.3) is 0 Å². The maximum Gasteiger partial charge on any atom is 0.195 e. The van der Waals surface area contributed by atoms with Crippen molar-refractivity contribution in [1.82, 2.24) is 0 Å². The first kappa shape index (κ1) is 22.6. The minimum atomic E-state index is -4.04. The summed E-state index contributed by atoms with van der Waals surface area (Å²) < 4.78 is 51.5. The highest BCUT2D eigenvalue weighted by molar-refractivity contribution is 8.09. The zero-order chi connectivity index (χ0) is 21.5. The van der Waals surface area contributed by atoms with E-state index in [1.807, 2.05) is 30.3 Å². The van der Waals surface area contributed by atoms with Crippen LogP contribution in [0.2, 0.25) is 0 Å². The average molecular weight is 461 g/mol. The lowest BCUT2D eigenvalue weighted by Crippen LogP contribution is -2.31. The van der Waals surface area contributed by atoms with Gasteiger partial charge in [-0.1, -0.05) is 61.0 Å². The number of sulfone groups is 2. The normalized spacial score (nSPS) is 12.2. The van der Waals surface area contributed by atoms with Crippen LogP contribution in [0.1, 0.15) is 19.3 Å². The Kier molecular flexibility index (Phi) is 7.75. The Morgan fingerprint density at radius 2 is 1.03 bits per heavy atom. The molecule has 0 radical (unpaired) electrons. The summed E-state index contributed by atoms with van der Waals surface area (Å²) in [4.78, 5) is 1.21. The molecule has 0 fully saturated rings. The van der Waals surface area contributed by atoms with Crippen molar-refractivity contribution < 1.29 is 16.8 Å². The second kappa shape index (κ2) is 10.3. The van der Waals surface area contributed by atoms with Gasteiger partial charge >= 0.3 is 0 Å². The van der Waals surface area contributed by atoms with Crippen molar-refractivity contribution in [2.75, 3.05) is 5.75 Å². The molecular weight excluding hydrogens is 436 g/mol. The molecule has 3 aromatic rings. The van der Waals surface area contributed by atoms with Crippen molar-refractivity contribution in [2.24, 2.45) is 0 Å². The number of benzene rings is 3. The highest BCUT2D eigenvalue weighted by Gasteiger charge is 2.39. The zero-order valence-corrected chi connectivity index (χ0v) is 18.9. The van der Waals surface area contributed by atoms with E-state index in [0.717, 1.165) is 17.1 Å². The van der Waals surface area contributed by atoms with Crippen molar-refractivity contribution in [3.8, 4) is 0 Å². The summed E-state index contributed by atoms with van der Waals surface area (Å²) in [5, 5.41) is 0. The van der Waals surface area contributed by atoms with Gasteiger partial charge < -0.3 is 0 Å². The smallest absolute Gasteiger partial charge is 0.195 e. The van der Waals surface area contributed by atoms with E-state index in [-0.39, 0.29) is 16.2 Å². The second-order valence-electron chi connectivity index (χ2n) is 6.80. The lowest BCUT2D eigenvalue weighted by Gasteiger charge is -2.18. The summed E-state index contributed by atoms with van der Waals surface area (Å²) in [5.74, 6) is 0.799. The van der Waals surface area contributed by atoms with Crippen LogP contribution in [0.4, 0.5) is 0 Å². The molecule has 0 bridgehead atoms. The topological polar surface area (TPSA) is 68.3 Å². The molecule has 3 aromatic carbocycles. The van der Waals surface area contributed by atoms with Gasteiger partial charge in [0, 0.05) is 4.90 Å². The first-order valence-corrected chi connectivity index (χ1v) is 13.8. The largest absolute Gasteiger partial charge is 0.222 e. The number of rotatable bonds is 10. The van der Waals surface area contributed by atoms with Crippen LogP contribution in [0.25, 0.3) is 0 Å². The van der Waals surface area contributed by atoms with Gasteiger partial charge in [0.05, 0.1) is 9.79 Å². The number of hydrogen-bond acceptors (Lipinski definition) is 5. The summed E-state index contributed by atoms with van der Waals surface area (Å²) in [6, 6.07) is 25.6. The lowest BCUT2D eigenvalue weighted by molar-refractivity contribution is 0.564. The highest BCUT2D eigenvalue weighted by Crippen LogP contribution is 2.29. The van der Waals surface area contributed by atoms with Crippen LogP contribution >= 0.6 is 11.8 Å². The fraction of sp³-hybridized carbons (Fsp3) is 0.217. The molecule has 0 aliphatic rings. The van der Waals surface area contributed by atoms with Crippen LogP contribution in [0.3, 0.4) is 0 Å². The summed E-state index contributed by atoms with van der Waals surface area (Å²) >= 11 is 1.68. The molecule has 30 heavy (non-hydrogen) atoms. The fourth-order valence-corrected chi connectivity index (χ4v) is 8.69. The second-order valence-corrected chi connectivity index (χ2v) is 12.5. The Bertz CT molecular complexity index is 1060. The molecule has 0 aromatic heterocycles. The summed E-state index contributed by atoms with van der Waals surface area (Å²) in [5.41, 5.74) is 0. The number of hydrogen-bond donors (Lipinski definition) is 0. The van der Waals surface area contributed by atoms with E-state index in [9.17, 15) is 16.8 Å². The van der Waals surface area contributed by atoms with Crippen molar-refractivity contribution in [3.05, 3.63) is 91.0 Å². The van der Waals surface area contributed by atoms with Crippen LogP contribution in [-0.4, -0.2) is 27.2 Å². The van der Waals surface area contributed by atoms with Crippen LogP contribution in [0.5, 0.6) is 0 Å². The van der Waals surface area contributed by atoms with Gasteiger partial charge in [-0.2, -0.15) is 0 Å². The molecule has 3 rings (SSSR count). The predicted octanol–water partition coefficient (Wildman–Crippen LogP) is 5.22. The summed E-state index contributed by atoms with van der Waals surface area (Å²) in [7, 11) is -8.08. The Hall–Kier alpha value is -2.09. The van der Waals surface area contributed by atoms with E-state index in [2.05, 4.69) is 0 Å². The van der Waals surface area contributed by atoms with Crippen molar-refractivity contribution in [3.63, 3.8) is 0 Å². The van der Waals surface area contributed by atoms with Gasteiger partial charge in [-0.3, -0.25) is 0 Å². The van der Waals surface area contributed by atoms with Crippen molar-refractivity contribution in [2.45, 2.75) is 38.5 Å². The molecule has 0 amide bonds. The van der Waals surface area contributed by atoms with Crippen molar-refractivity contribution >= 4 is 31.4 Å². The summed E-state index contributed by atoms with van der Waals surface area (Å²) in [6.07, 6.45) is 1.29. The van der Waals surface area contributed by atoms with Crippen LogP contribution in [-0.2, 0) is 19.7 Å². The maximum absolute atomic E-state index is 13.3. The molecule has 0 aliphatic carbocycles. The Morgan fingerprint density at radius 1 is 0.600 bits per heavy atom. The third kappa shape index (κ3) is 5.53. The first-order chi connectivity index (χ1) is 14.4. The van der Waals surface area contributed by atoms with E-state index in [0.29, 0.717) is 6.42 Å². The Labute approximate surface area is 183 Å². The van der Waals surface area contributed by atoms with Gasteiger partial charge in [0.2, 0.25) is 0 Å². The lowest BCUT2D eigenvalue weighted by atomic mass is 10.3. The zero-order valence-electron chi connectivity index (χ0n) is 16.4. The van der Waals surface area contributed by atoms with E-state index >= 15 is 0 Å². The number of unbranched alkanes of at least 4 members (excludes halogenated alkanes) is 1. The third-order valence-electron chi connectivity index (χ3n) is 4.68. The quantitative estimate of drug-likeness (QED) is 0.306. The van der Waals surface area contributed by atoms with Crippen LogP contribution in [0, 0.1) is 0 Å². The van der Waals surface area contributed by atoms with Gasteiger partial charge in [-0.05, 0) is 55.0 Å². The molecule has 0 unspecified atom stereocenters. The molecule has 7 heteroatoms. The molecule has 0 saturated carbocycles. The van der Waals surface area contributed by atoms with E-state index < -0.39 is 24.3 Å². The highest BCUT2D eigenvalue weighted by atomic mass is 32.3. The SMILES string of the molecule is O=S(=O)(c1ccccc1)C(CCCCSc1ccccc1)S(=O)(=O)c1ccccc1. The maximum atomic E-state index is 13.3. The first-order valence-electron chi connectivity index (χ1n) is 9.68. The molecular formula is C23H24O4S3. The Balaban J connectivity index is 1.78. The van der Waals surface area contributed by atoms with E-state index in [1.54, 1.807) is 48.2 Å². The van der Waals surface area contributed by atoms with Crippen molar-refractivity contribution in [1.29, 1.82) is 0 Å². The van der Waals surface area contributed by atoms with Crippen LogP contribution < -0.4 is 0 Å². The number of thioether (sulfide) groups is 1. The molecule has 0 atom stereocenters. The molecule has 158 valence electrons. The van der Waals surface area contributed by atoms with Crippen LogP contribution in [0.15, 0.2) is 106 Å². The standard InChI is InChI=1S/C23H24O4S3/c24-29(25,21-14-6-2-7-15-21)23(30(26,27)22-16-8-3-9-17-22)18-10-11-19-28-20-12-4-1-5-13-20/h1-9,12-17,23H,10-11,18-19H2. The van der Waals surface area contributed by atoms with Gasteiger partial charge in [-0.15, -0.1) is 11.8 Å². The van der Waals surface area contributed by atoms with E-state index in [4.69, 9.17) is 0 Å². The van der Waals surface area contributed by atoms with E-state index in [1.165, 1.54) is 24.3 Å². The monoisotopic (exact) mass is 460 g/mol. The third-order valence-corrected chi connectivity index (χ3v) is 11.0. The molecule has 0 N–H and O–H groups in total. The van der Waals surface area contributed by atoms with Gasteiger partial charge in [0.1, 0.15) is 0 Å². The average Bonchev–Trinajstić information content (AvgIpc) is 2.78. The minimum Gasteiger partial charge on any atom is -0.222 e. The Morgan fingerprint density at radius 3 is 1.50 bits per heavy atom. The predicted molar refractivity (Wildman–Crippen MR) is 122 cm³/mol. The molecule has 0 aliphatic heterocycles.